The van der Waals surface area contributed by atoms with Gasteiger partial charge in [-0.25, -0.2) is 0 Å². The molecule has 2 nitrogen and oxygen atoms in total. The Labute approximate surface area is 95.9 Å². The van der Waals surface area contributed by atoms with Gasteiger partial charge in [-0.1, -0.05) is 30.3 Å². The molecule has 0 aliphatic rings. The van der Waals surface area contributed by atoms with E-state index in [1.807, 2.05) is 36.4 Å². The molecule has 16 heavy (non-hydrogen) atoms. The van der Waals surface area contributed by atoms with Gasteiger partial charge in [-0.2, -0.15) is 0 Å². The third kappa shape index (κ3) is 2.23. The largest absolute Gasteiger partial charge is 0.398 e. The van der Waals surface area contributed by atoms with Gasteiger partial charge in [-0.05, 0) is 41.3 Å². The smallest absolute Gasteiger partial charge is 0.0349 e. The van der Waals surface area contributed by atoms with Crippen molar-refractivity contribution < 1.29 is 0 Å². The van der Waals surface area contributed by atoms with Crippen LogP contribution in [0.15, 0.2) is 42.5 Å². The van der Waals surface area contributed by atoms with Gasteiger partial charge < -0.3 is 11.5 Å². The average Bonchev–Trinajstić information content (AvgIpc) is 2.33. The van der Waals surface area contributed by atoms with Crippen LogP contribution in [-0.4, -0.2) is 0 Å². The van der Waals surface area contributed by atoms with Crippen LogP contribution in [0.3, 0.4) is 0 Å². The molecule has 0 bridgehead atoms. The topological polar surface area (TPSA) is 52.0 Å². The highest BCUT2D eigenvalue weighted by Crippen LogP contribution is 2.18. The first-order valence-corrected chi connectivity index (χ1v) is 5.32. The maximum Gasteiger partial charge on any atom is 0.0349 e. The molecule has 0 unspecified atom stereocenters. The molecule has 4 N–H and O–H groups in total. The van der Waals surface area contributed by atoms with E-state index in [1.54, 1.807) is 0 Å². The number of para-hydroxylation sites is 1. The van der Waals surface area contributed by atoms with Gasteiger partial charge in [-0.15, -0.1) is 0 Å². The lowest BCUT2D eigenvalue weighted by atomic mass is 9.99. The number of hydrogen-bond donors (Lipinski definition) is 2. The van der Waals surface area contributed by atoms with Gasteiger partial charge in [0, 0.05) is 12.2 Å². The Balaban J connectivity index is 2.30. The zero-order valence-corrected chi connectivity index (χ0v) is 9.11. The van der Waals surface area contributed by atoms with Gasteiger partial charge in [0.25, 0.3) is 0 Å². The maximum atomic E-state index is 5.92. The van der Waals surface area contributed by atoms with E-state index in [-0.39, 0.29) is 0 Å². The van der Waals surface area contributed by atoms with Crippen molar-refractivity contribution in [2.75, 3.05) is 5.73 Å². The van der Waals surface area contributed by atoms with E-state index in [1.165, 1.54) is 5.56 Å². The molecule has 0 saturated carbocycles. The molecule has 0 spiro atoms. The van der Waals surface area contributed by atoms with E-state index in [2.05, 4.69) is 12.1 Å². The van der Waals surface area contributed by atoms with Crippen LogP contribution in [0.25, 0.3) is 0 Å². The van der Waals surface area contributed by atoms with Gasteiger partial charge in [0.2, 0.25) is 0 Å². The molecule has 0 fully saturated rings. The summed E-state index contributed by atoms with van der Waals surface area (Å²) in [7, 11) is 0. The summed E-state index contributed by atoms with van der Waals surface area (Å²) in [6.45, 7) is 0.541. The number of rotatable bonds is 3. The lowest BCUT2D eigenvalue weighted by Gasteiger charge is -2.09. The lowest BCUT2D eigenvalue weighted by Crippen LogP contribution is -2.03. The molecule has 0 heterocycles. The monoisotopic (exact) mass is 211 g/mol. The zero-order chi connectivity index (χ0) is 11.4. The van der Waals surface area contributed by atoms with Crippen molar-refractivity contribution in [2.45, 2.75) is 13.0 Å². The van der Waals surface area contributed by atoms with Crippen LogP contribution in [0.5, 0.6) is 0 Å². The van der Waals surface area contributed by atoms with Gasteiger partial charge in [0.1, 0.15) is 0 Å². The summed E-state index contributed by atoms with van der Waals surface area (Å²) < 4.78 is 0. The fourth-order valence-corrected chi connectivity index (χ4v) is 1.76. The van der Waals surface area contributed by atoms with Crippen LogP contribution in [-0.2, 0) is 13.0 Å². The number of hydrogen-bond acceptors (Lipinski definition) is 2. The van der Waals surface area contributed by atoms with E-state index in [0.717, 1.165) is 23.2 Å². The SMILES string of the molecule is NCc1c[c]ccc1Cc1ccccc1N. The van der Waals surface area contributed by atoms with Crippen molar-refractivity contribution in [1.82, 2.24) is 0 Å². The molecule has 2 heteroatoms. The van der Waals surface area contributed by atoms with Crippen LogP contribution >= 0.6 is 0 Å². The first-order valence-electron chi connectivity index (χ1n) is 5.32. The standard InChI is InChI=1S/C14H15N2/c15-10-13-7-2-1-5-11(13)9-12-6-3-4-8-14(12)16/h1,3-8H,9-10,15-16H2. The Hall–Kier alpha value is -1.80. The average molecular weight is 211 g/mol. The molecule has 0 aliphatic carbocycles. The molecule has 2 rings (SSSR count). The summed E-state index contributed by atoms with van der Waals surface area (Å²) in [4.78, 5) is 0. The summed E-state index contributed by atoms with van der Waals surface area (Å²) in [6, 6.07) is 16.9. The van der Waals surface area contributed by atoms with Gasteiger partial charge in [0.15, 0.2) is 0 Å². The van der Waals surface area contributed by atoms with E-state index in [9.17, 15) is 0 Å². The summed E-state index contributed by atoms with van der Waals surface area (Å²) in [5.41, 5.74) is 15.9. The summed E-state index contributed by atoms with van der Waals surface area (Å²) in [5.74, 6) is 0. The Bertz CT molecular complexity index is 478. The van der Waals surface area contributed by atoms with E-state index in [0.29, 0.717) is 6.54 Å². The third-order valence-electron chi connectivity index (χ3n) is 2.71. The van der Waals surface area contributed by atoms with Crippen LogP contribution in [0.2, 0.25) is 0 Å². The van der Waals surface area contributed by atoms with Crippen LogP contribution in [0, 0.1) is 6.07 Å². The predicted molar refractivity (Wildman–Crippen MR) is 66.8 cm³/mol. The molecule has 1 radical (unpaired) electrons. The number of nitrogen functional groups attached to an aromatic ring is 1. The molecule has 0 aliphatic heterocycles. The van der Waals surface area contributed by atoms with Gasteiger partial charge in [-0.3, -0.25) is 0 Å². The molecule has 2 aromatic rings. The fraction of sp³-hybridized carbons (Fsp3) is 0.143. The molecule has 0 amide bonds. The third-order valence-corrected chi connectivity index (χ3v) is 2.71. The van der Waals surface area contributed by atoms with E-state index >= 15 is 0 Å². The predicted octanol–water partition coefficient (Wildman–Crippen LogP) is 2.12. The first-order chi connectivity index (χ1) is 7.81. The zero-order valence-electron chi connectivity index (χ0n) is 9.11. The van der Waals surface area contributed by atoms with Crippen LogP contribution in [0.1, 0.15) is 16.7 Å². The molecule has 0 saturated heterocycles. The highest BCUT2D eigenvalue weighted by atomic mass is 14.6. The first kappa shape index (κ1) is 10.7. The van der Waals surface area contributed by atoms with Crippen LogP contribution in [0.4, 0.5) is 5.69 Å². The summed E-state index contributed by atoms with van der Waals surface area (Å²) in [6.07, 6.45) is 0.827. The van der Waals surface area contributed by atoms with Crippen molar-refractivity contribution in [3.8, 4) is 0 Å². The second kappa shape index (κ2) is 4.81. The molecule has 81 valence electrons. The minimum Gasteiger partial charge on any atom is -0.398 e. The summed E-state index contributed by atoms with van der Waals surface area (Å²) in [5, 5.41) is 0. The number of anilines is 1. The Morgan fingerprint density at radius 2 is 1.81 bits per heavy atom. The quantitative estimate of drug-likeness (QED) is 0.764. The highest BCUT2D eigenvalue weighted by molar-refractivity contribution is 5.49. The van der Waals surface area contributed by atoms with E-state index < -0.39 is 0 Å². The summed E-state index contributed by atoms with van der Waals surface area (Å²) >= 11 is 0. The lowest BCUT2D eigenvalue weighted by molar-refractivity contribution is 1.02. The van der Waals surface area contributed by atoms with Gasteiger partial charge >= 0.3 is 0 Å². The van der Waals surface area contributed by atoms with Crippen molar-refractivity contribution in [3.63, 3.8) is 0 Å². The molecule has 0 atom stereocenters. The number of benzene rings is 2. The van der Waals surface area contributed by atoms with Crippen molar-refractivity contribution in [2.24, 2.45) is 5.73 Å². The molecule has 0 aromatic heterocycles. The minimum absolute atomic E-state index is 0.541. The van der Waals surface area contributed by atoms with Crippen molar-refractivity contribution in [1.29, 1.82) is 0 Å². The van der Waals surface area contributed by atoms with Gasteiger partial charge in [0.05, 0.1) is 0 Å². The second-order valence-corrected chi connectivity index (χ2v) is 3.77. The Morgan fingerprint density at radius 3 is 2.56 bits per heavy atom. The van der Waals surface area contributed by atoms with E-state index in [4.69, 9.17) is 11.5 Å². The Kier molecular flexibility index (Phi) is 3.22. The van der Waals surface area contributed by atoms with Crippen molar-refractivity contribution >= 4 is 5.69 Å². The highest BCUT2D eigenvalue weighted by Gasteiger charge is 2.03. The maximum absolute atomic E-state index is 5.92. The molecular formula is C14H15N2. The van der Waals surface area contributed by atoms with Crippen LogP contribution < -0.4 is 11.5 Å². The second-order valence-electron chi connectivity index (χ2n) is 3.77. The van der Waals surface area contributed by atoms with Crippen molar-refractivity contribution in [3.05, 3.63) is 65.2 Å². The molecule has 2 aromatic carbocycles. The minimum atomic E-state index is 0.541. The normalized spacial score (nSPS) is 10.3. The fourth-order valence-electron chi connectivity index (χ4n) is 1.76. The Morgan fingerprint density at radius 1 is 1.00 bits per heavy atom. The molecular weight excluding hydrogens is 196 g/mol. The number of nitrogens with two attached hydrogens (primary N) is 2.